The van der Waals surface area contributed by atoms with Crippen LogP contribution in [-0.4, -0.2) is 64.2 Å². The molecule has 39 heavy (non-hydrogen) atoms. The number of hydrogen-bond donors (Lipinski definition) is 0. The topological polar surface area (TPSA) is 67.7 Å². The number of halogens is 1. The van der Waals surface area contributed by atoms with Crippen molar-refractivity contribution in [1.82, 2.24) is 19.6 Å². The van der Waals surface area contributed by atoms with Gasteiger partial charge in [-0.1, -0.05) is 24.6 Å². The fourth-order valence-electron chi connectivity index (χ4n) is 6.04. The number of aryl methyl sites for hydroxylation is 2. The van der Waals surface area contributed by atoms with E-state index in [1.165, 1.54) is 12.1 Å². The van der Waals surface area contributed by atoms with Gasteiger partial charge in [-0.05, 0) is 86.4 Å². The Kier molecular flexibility index (Phi) is 7.73. The molecule has 1 atom stereocenters. The molecular formula is C31H37FN4O3. The Labute approximate surface area is 229 Å². The average Bonchev–Trinajstić information content (AvgIpc) is 3.32. The Morgan fingerprint density at radius 2 is 1.74 bits per heavy atom. The second kappa shape index (κ2) is 11.2. The molecule has 0 aliphatic carbocycles. The smallest absolute Gasteiger partial charge is 0.272 e. The van der Waals surface area contributed by atoms with E-state index < -0.39 is 6.10 Å². The van der Waals surface area contributed by atoms with Gasteiger partial charge in [-0.2, -0.15) is 5.10 Å². The Bertz CT molecular complexity index is 1330. The van der Waals surface area contributed by atoms with Crippen LogP contribution in [-0.2, 0) is 18.3 Å². The zero-order valence-corrected chi connectivity index (χ0v) is 23.0. The van der Waals surface area contributed by atoms with Gasteiger partial charge in [-0.25, -0.2) is 4.39 Å². The first-order valence-electron chi connectivity index (χ1n) is 13.8. The highest BCUT2D eigenvalue weighted by molar-refractivity contribution is 5.93. The van der Waals surface area contributed by atoms with E-state index in [-0.39, 0.29) is 23.0 Å². The number of carbonyl (C=O) groups excluding carboxylic acids is 2. The summed E-state index contributed by atoms with van der Waals surface area (Å²) < 4.78 is 21.1. The van der Waals surface area contributed by atoms with E-state index in [1.54, 1.807) is 29.9 Å². The first-order chi connectivity index (χ1) is 18.7. The van der Waals surface area contributed by atoms with E-state index in [0.717, 1.165) is 55.4 Å². The minimum atomic E-state index is -0.561. The number of likely N-dealkylation sites (tertiary alicyclic amines) is 1. The molecule has 0 N–H and O–H groups in total. The van der Waals surface area contributed by atoms with Crippen molar-refractivity contribution >= 4 is 11.8 Å². The maximum atomic E-state index is 13.5. The van der Waals surface area contributed by atoms with Crippen molar-refractivity contribution < 1.29 is 18.7 Å². The van der Waals surface area contributed by atoms with Crippen LogP contribution in [0.25, 0.3) is 11.3 Å². The molecule has 2 amide bonds. The zero-order chi connectivity index (χ0) is 27.6. The molecule has 0 bridgehead atoms. The third kappa shape index (κ3) is 5.84. The van der Waals surface area contributed by atoms with Gasteiger partial charge in [0.05, 0.1) is 5.69 Å². The summed E-state index contributed by atoms with van der Waals surface area (Å²) in [5, 5.41) is 4.50. The highest BCUT2D eigenvalue weighted by Crippen LogP contribution is 2.39. The van der Waals surface area contributed by atoms with Crippen molar-refractivity contribution in [2.24, 2.45) is 12.5 Å². The molecule has 7 nitrogen and oxygen atoms in total. The molecular weight excluding hydrogens is 495 g/mol. The van der Waals surface area contributed by atoms with Crippen molar-refractivity contribution in [1.29, 1.82) is 0 Å². The van der Waals surface area contributed by atoms with E-state index in [0.29, 0.717) is 31.0 Å². The fraction of sp³-hybridized carbons (Fsp3) is 0.452. The van der Waals surface area contributed by atoms with Crippen LogP contribution in [0.1, 0.15) is 55.1 Å². The molecule has 3 heterocycles. The first kappa shape index (κ1) is 26.9. The highest BCUT2D eigenvalue weighted by atomic mass is 19.1. The summed E-state index contributed by atoms with van der Waals surface area (Å²) in [6.07, 6.45) is 5.17. The Morgan fingerprint density at radius 3 is 2.49 bits per heavy atom. The standard InChI is InChI=1S/C31H37FN4O3/c1-22-29(37)34(2)21-31(15-7-6-9-24-8-4-5-10-28(24)39-22)16-18-36(19-17-31)30(38)27-20-26(33-35(27)3)23-11-13-25(32)14-12-23/h4-5,8,10-14,20,22H,6-7,9,15-19,21H2,1-3H3/t22-/m1/s1. The van der Waals surface area contributed by atoms with Crippen LogP contribution in [0, 0.1) is 11.2 Å². The minimum Gasteiger partial charge on any atom is -0.481 e. The van der Waals surface area contributed by atoms with Crippen LogP contribution in [0.5, 0.6) is 5.75 Å². The Balaban J connectivity index is 1.28. The monoisotopic (exact) mass is 532 g/mol. The molecule has 0 unspecified atom stereocenters. The third-order valence-electron chi connectivity index (χ3n) is 8.33. The van der Waals surface area contributed by atoms with Crippen LogP contribution in [0.3, 0.4) is 0 Å². The molecule has 3 aromatic rings. The third-order valence-corrected chi connectivity index (χ3v) is 8.33. The second-order valence-corrected chi connectivity index (χ2v) is 11.1. The number of ether oxygens (including phenoxy) is 1. The first-order valence-corrected chi connectivity index (χ1v) is 13.8. The summed E-state index contributed by atoms with van der Waals surface area (Å²) in [4.78, 5) is 30.5. The number of aromatic nitrogens is 2. The maximum Gasteiger partial charge on any atom is 0.272 e. The van der Waals surface area contributed by atoms with E-state index in [2.05, 4.69) is 11.2 Å². The van der Waals surface area contributed by atoms with E-state index in [4.69, 9.17) is 4.74 Å². The average molecular weight is 533 g/mol. The van der Waals surface area contributed by atoms with E-state index in [9.17, 15) is 14.0 Å². The van der Waals surface area contributed by atoms with Gasteiger partial charge in [0, 0.05) is 39.3 Å². The molecule has 1 spiro atoms. The number of nitrogens with zero attached hydrogens (tertiary/aromatic N) is 4. The molecule has 5 rings (SSSR count). The summed E-state index contributed by atoms with van der Waals surface area (Å²) in [5.41, 5.74) is 3.04. The Hall–Kier alpha value is -3.68. The second-order valence-electron chi connectivity index (χ2n) is 11.1. The minimum absolute atomic E-state index is 0.0218. The van der Waals surface area contributed by atoms with Crippen molar-refractivity contribution in [3.8, 4) is 17.0 Å². The molecule has 1 fully saturated rings. The van der Waals surface area contributed by atoms with Gasteiger partial charge in [-0.15, -0.1) is 0 Å². The van der Waals surface area contributed by atoms with Crippen LogP contribution < -0.4 is 4.74 Å². The van der Waals surface area contributed by atoms with Gasteiger partial charge in [0.2, 0.25) is 0 Å². The lowest BCUT2D eigenvalue weighted by molar-refractivity contribution is -0.138. The lowest BCUT2D eigenvalue weighted by atomic mass is 9.73. The number of likely N-dealkylation sites (N-methyl/N-ethyl adjacent to an activating group) is 1. The van der Waals surface area contributed by atoms with Gasteiger partial charge < -0.3 is 14.5 Å². The van der Waals surface area contributed by atoms with Crippen LogP contribution in [0.4, 0.5) is 4.39 Å². The van der Waals surface area contributed by atoms with Crippen LogP contribution in [0.2, 0.25) is 0 Å². The van der Waals surface area contributed by atoms with E-state index in [1.807, 2.05) is 42.0 Å². The number of fused-ring (bicyclic) bond motifs is 1. The predicted octanol–water partition coefficient (Wildman–Crippen LogP) is 5.10. The molecule has 0 radical (unpaired) electrons. The van der Waals surface area contributed by atoms with Crippen molar-refractivity contribution in [3.63, 3.8) is 0 Å². The van der Waals surface area contributed by atoms with E-state index >= 15 is 0 Å². The lowest BCUT2D eigenvalue weighted by Gasteiger charge is -2.44. The maximum absolute atomic E-state index is 13.5. The summed E-state index contributed by atoms with van der Waals surface area (Å²) in [6.45, 7) is 3.74. The zero-order valence-electron chi connectivity index (χ0n) is 23.0. The quantitative estimate of drug-likeness (QED) is 0.461. The summed E-state index contributed by atoms with van der Waals surface area (Å²) in [6, 6.07) is 15.9. The number of benzene rings is 2. The summed E-state index contributed by atoms with van der Waals surface area (Å²) in [7, 11) is 3.63. The fourth-order valence-corrected chi connectivity index (χ4v) is 6.04. The number of hydrogen-bond acceptors (Lipinski definition) is 4. The lowest BCUT2D eigenvalue weighted by Crippen LogP contribution is -2.50. The van der Waals surface area contributed by atoms with Crippen molar-refractivity contribution in [2.45, 2.75) is 51.6 Å². The molecule has 2 aromatic carbocycles. The molecule has 2 aliphatic rings. The van der Waals surface area contributed by atoms with Gasteiger partial charge in [0.1, 0.15) is 17.3 Å². The Morgan fingerprint density at radius 1 is 1.03 bits per heavy atom. The molecule has 1 aromatic heterocycles. The predicted molar refractivity (Wildman–Crippen MR) is 148 cm³/mol. The molecule has 1 saturated heterocycles. The molecule has 8 heteroatoms. The van der Waals surface area contributed by atoms with Gasteiger partial charge in [-0.3, -0.25) is 14.3 Å². The number of amides is 2. The van der Waals surface area contributed by atoms with Gasteiger partial charge in [0.25, 0.3) is 11.8 Å². The summed E-state index contributed by atoms with van der Waals surface area (Å²) >= 11 is 0. The van der Waals surface area contributed by atoms with Gasteiger partial charge in [0.15, 0.2) is 6.10 Å². The van der Waals surface area contributed by atoms with Crippen LogP contribution >= 0.6 is 0 Å². The van der Waals surface area contributed by atoms with Crippen molar-refractivity contribution in [3.05, 3.63) is 71.7 Å². The molecule has 206 valence electrons. The van der Waals surface area contributed by atoms with Crippen LogP contribution in [0.15, 0.2) is 54.6 Å². The number of rotatable bonds is 2. The SMILES string of the molecule is C[C@H]1Oc2ccccc2CCCCC2(CCN(C(=O)c3cc(-c4ccc(F)cc4)nn3C)CC2)CN(C)C1=O. The number of para-hydroxylation sites is 1. The largest absolute Gasteiger partial charge is 0.481 e. The normalized spacial score (nSPS) is 20.1. The van der Waals surface area contributed by atoms with Gasteiger partial charge >= 0.3 is 0 Å². The summed E-state index contributed by atoms with van der Waals surface area (Å²) in [5.74, 6) is 0.418. The highest BCUT2D eigenvalue weighted by Gasteiger charge is 2.39. The number of piperidine rings is 1. The van der Waals surface area contributed by atoms with Crippen molar-refractivity contribution in [2.75, 3.05) is 26.7 Å². The molecule has 2 aliphatic heterocycles. The number of carbonyl (C=O) groups is 2. The molecule has 0 saturated carbocycles.